The van der Waals surface area contributed by atoms with E-state index in [1.54, 1.807) is 0 Å². The number of aromatic nitrogens is 2. The molecule has 3 nitrogen and oxygen atoms in total. The van der Waals surface area contributed by atoms with E-state index in [4.69, 9.17) is 5.10 Å². The van der Waals surface area contributed by atoms with E-state index in [1.807, 2.05) is 0 Å². The van der Waals surface area contributed by atoms with Crippen LogP contribution in [0, 0.1) is 0 Å². The maximum atomic E-state index is 5.50. The average Bonchev–Trinajstić information content (AvgIpc) is 3.89. The molecule has 0 fully saturated rings. The molecule has 11 aromatic rings. The Morgan fingerprint density at radius 2 is 0.938 bits per heavy atom. The fraction of sp³-hybridized carbons (Fsp3) is 0.0484. The number of pyridine rings is 1. The van der Waals surface area contributed by atoms with Crippen molar-refractivity contribution in [2.24, 2.45) is 0 Å². The molecule has 1 aliphatic carbocycles. The van der Waals surface area contributed by atoms with Crippen LogP contribution in [0.25, 0.3) is 83.3 Å². The minimum atomic E-state index is -0.166. The summed E-state index contributed by atoms with van der Waals surface area (Å²) < 4.78 is 2.18. The molecule has 2 heterocycles. The van der Waals surface area contributed by atoms with Gasteiger partial charge in [0, 0.05) is 44.4 Å². The summed E-state index contributed by atoms with van der Waals surface area (Å²) >= 11 is 0. The molecule has 0 saturated carbocycles. The molecular weight excluding hydrogens is 787 g/mol. The van der Waals surface area contributed by atoms with E-state index in [-0.39, 0.29) is 5.41 Å². The summed E-state index contributed by atoms with van der Waals surface area (Å²) in [6, 6.07) is 85.9. The van der Waals surface area contributed by atoms with Gasteiger partial charge >= 0.3 is 0 Å². The van der Waals surface area contributed by atoms with E-state index in [0.29, 0.717) is 0 Å². The summed E-state index contributed by atoms with van der Waals surface area (Å²) in [5.41, 5.74) is 20.6. The third-order valence-corrected chi connectivity index (χ3v) is 13.4. The summed E-state index contributed by atoms with van der Waals surface area (Å²) in [7, 11) is 0. The minimum Gasteiger partial charge on any atom is -0.310 e. The zero-order chi connectivity index (χ0) is 43.5. The molecule has 0 bridgehead atoms. The first kappa shape index (κ1) is 38.4. The first-order valence-electron chi connectivity index (χ1n) is 22.5. The van der Waals surface area contributed by atoms with Crippen LogP contribution in [0.2, 0.25) is 0 Å². The van der Waals surface area contributed by atoms with Gasteiger partial charge in [-0.1, -0.05) is 208 Å². The standard InChI is InChI=1S/C62H45N3/c1-62(2)54-32-19-18-31-53(54)59-55(62)33-20-34-56(59)64(51-38-47(42-21-8-3-9-22-42)37-48(39-51)43-23-10-4-11-24-43)50-35-36-52-49(40-50)41-57(44-25-12-5-13-26-44)65-61(52)58(45-27-14-6-15-28-45)60(63-65)46-29-16-7-17-30-46/h3-41H,1-2H3. The van der Waals surface area contributed by atoms with Crippen molar-refractivity contribution in [3.8, 4) is 67.0 Å². The molecular formula is C62H45N3. The summed E-state index contributed by atoms with van der Waals surface area (Å²) in [4.78, 5) is 2.51. The predicted molar refractivity (Wildman–Crippen MR) is 272 cm³/mol. The lowest BCUT2D eigenvalue weighted by molar-refractivity contribution is 0.660. The number of benzene rings is 9. The van der Waals surface area contributed by atoms with Gasteiger partial charge in [0.2, 0.25) is 0 Å². The van der Waals surface area contributed by atoms with Crippen LogP contribution in [0.4, 0.5) is 17.1 Å². The second kappa shape index (κ2) is 15.5. The van der Waals surface area contributed by atoms with Crippen LogP contribution < -0.4 is 4.90 Å². The smallest absolute Gasteiger partial charge is 0.101 e. The van der Waals surface area contributed by atoms with Gasteiger partial charge in [-0.3, -0.25) is 0 Å². The Balaban J connectivity index is 1.18. The van der Waals surface area contributed by atoms with Crippen molar-refractivity contribution >= 4 is 33.4 Å². The molecule has 65 heavy (non-hydrogen) atoms. The normalized spacial score (nSPS) is 12.6. The van der Waals surface area contributed by atoms with Crippen molar-refractivity contribution in [3.63, 3.8) is 0 Å². The SMILES string of the molecule is CC1(C)c2ccccc2-c2c(N(c3cc(-c4ccccc4)cc(-c4ccccc4)c3)c3ccc4c(c3)cc(-c3ccccc3)n3nc(-c5ccccc5)c(-c5ccccc5)c43)cccc21. The molecule has 0 radical (unpaired) electrons. The largest absolute Gasteiger partial charge is 0.310 e. The summed E-state index contributed by atoms with van der Waals surface area (Å²) in [5.74, 6) is 0. The number of fused-ring (bicyclic) bond motifs is 6. The molecule has 0 atom stereocenters. The summed E-state index contributed by atoms with van der Waals surface area (Å²) in [6.45, 7) is 4.72. The van der Waals surface area contributed by atoms with Crippen molar-refractivity contribution < 1.29 is 0 Å². The van der Waals surface area contributed by atoms with Crippen LogP contribution >= 0.6 is 0 Å². The fourth-order valence-corrected chi connectivity index (χ4v) is 10.2. The van der Waals surface area contributed by atoms with Gasteiger partial charge in [0.05, 0.1) is 16.9 Å². The minimum absolute atomic E-state index is 0.166. The van der Waals surface area contributed by atoms with E-state index in [9.17, 15) is 0 Å². The Hall–Kier alpha value is -8.27. The number of hydrogen-bond donors (Lipinski definition) is 0. The zero-order valence-corrected chi connectivity index (χ0v) is 36.4. The molecule has 12 rings (SSSR count). The van der Waals surface area contributed by atoms with Crippen molar-refractivity contribution in [3.05, 3.63) is 248 Å². The molecule has 0 amide bonds. The average molecular weight is 832 g/mol. The lowest BCUT2D eigenvalue weighted by Crippen LogP contribution is -2.16. The lowest BCUT2D eigenvalue weighted by Gasteiger charge is -2.30. The van der Waals surface area contributed by atoms with Crippen molar-refractivity contribution in [1.82, 2.24) is 9.61 Å². The fourth-order valence-electron chi connectivity index (χ4n) is 10.2. The summed E-state index contributed by atoms with van der Waals surface area (Å²) in [5, 5.41) is 7.76. The molecule has 0 unspecified atom stereocenters. The highest BCUT2D eigenvalue weighted by Gasteiger charge is 2.38. The Kier molecular flexibility index (Phi) is 9.17. The molecule has 308 valence electrons. The van der Waals surface area contributed by atoms with Crippen LogP contribution in [0.3, 0.4) is 0 Å². The number of nitrogens with zero attached hydrogens (tertiary/aromatic N) is 3. The van der Waals surface area contributed by atoms with E-state index in [0.717, 1.165) is 78.1 Å². The highest BCUT2D eigenvalue weighted by Crippen LogP contribution is 2.55. The Morgan fingerprint density at radius 3 is 1.57 bits per heavy atom. The molecule has 0 N–H and O–H groups in total. The maximum absolute atomic E-state index is 5.50. The van der Waals surface area contributed by atoms with E-state index < -0.39 is 0 Å². The number of rotatable bonds is 8. The first-order chi connectivity index (χ1) is 32.0. The van der Waals surface area contributed by atoms with Crippen molar-refractivity contribution in [2.75, 3.05) is 4.90 Å². The zero-order valence-electron chi connectivity index (χ0n) is 36.4. The van der Waals surface area contributed by atoms with Crippen LogP contribution in [-0.2, 0) is 5.41 Å². The van der Waals surface area contributed by atoms with Crippen LogP contribution in [-0.4, -0.2) is 9.61 Å². The molecule has 0 saturated heterocycles. The topological polar surface area (TPSA) is 20.5 Å². The van der Waals surface area contributed by atoms with Crippen LogP contribution in [0.15, 0.2) is 237 Å². The quantitative estimate of drug-likeness (QED) is 0.152. The molecule has 2 aromatic heterocycles. The highest BCUT2D eigenvalue weighted by molar-refractivity contribution is 6.10. The van der Waals surface area contributed by atoms with Gasteiger partial charge in [-0.25, -0.2) is 4.52 Å². The predicted octanol–water partition coefficient (Wildman–Crippen LogP) is 16.6. The molecule has 0 spiro atoms. The number of hydrogen-bond acceptors (Lipinski definition) is 2. The van der Waals surface area contributed by atoms with Gasteiger partial charge < -0.3 is 4.90 Å². The van der Waals surface area contributed by atoms with E-state index in [2.05, 4.69) is 260 Å². The Labute approximate surface area is 380 Å². The second-order valence-electron chi connectivity index (χ2n) is 17.6. The monoisotopic (exact) mass is 831 g/mol. The Bertz CT molecular complexity index is 3480. The summed E-state index contributed by atoms with van der Waals surface area (Å²) in [6.07, 6.45) is 0. The highest BCUT2D eigenvalue weighted by atomic mass is 15.2. The third kappa shape index (κ3) is 6.47. The van der Waals surface area contributed by atoms with Gasteiger partial charge in [-0.15, -0.1) is 0 Å². The van der Waals surface area contributed by atoms with Gasteiger partial charge in [0.1, 0.15) is 5.69 Å². The molecule has 0 aliphatic heterocycles. The number of anilines is 3. The van der Waals surface area contributed by atoms with Crippen LogP contribution in [0.1, 0.15) is 25.0 Å². The van der Waals surface area contributed by atoms with Gasteiger partial charge in [-0.2, -0.15) is 5.10 Å². The molecule has 1 aliphatic rings. The van der Waals surface area contributed by atoms with E-state index >= 15 is 0 Å². The Morgan fingerprint density at radius 1 is 0.400 bits per heavy atom. The third-order valence-electron chi connectivity index (χ3n) is 13.4. The van der Waals surface area contributed by atoms with Gasteiger partial charge in [0.25, 0.3) is 0 Å². The van der Waals surface area contributed by atoms with E-state index in [1.165, 1.54) is 33.4 Å². The second-order valence-corrected chi connectivity index (χ2v) is 17.6. The molecule has 3 heteroatoms. The first-order valence-corrected chi connectivity index (χ1v) is 22.5. The van der Waals surface area contributed by atoms with Gasteiger partial charge in [0.15, 0.2) is 0 Å². The van der Waals surface area contributed by atoms with Crippen molar-refractivity contribution in [2.45, 2.75) is 19.3 Å². The molecule has 9 aromatic carbocycles. The lowest BCUT2D eigenvalue weighted by atomic mass is 9.82. The van der Waals surface area contributed by atoms with Crippen LogP contribution in [0.5, 0.6) is 0 Å². The van der Waals surface area contributed by atoms with Gasteiger partial charge in [-0.05, 0) is 92.4 Å². The van der Waals surface area contributed by atoms with Crippen molar-refractivity contribution in [1.29, 1.82) is 0 Å². The maximum Gasteiger partial charge on any atom is 0.101 e.